The highest BCUT2D eigenvalue weighted by molar-refractivity contribution is 6.31. The molecule has 0 saturated heterocycles. The summed E-state index contributed by atoms with van der Waals surface area (Å²) in [5.41, 5.74) is 0. The van der Waals surface area contributed by atoms with E-state index in [2.05, 4.69) is 19.2 Å². The van der Waals surface area contributed by atoms with Crippen LogP contribution >= 0.6 is 11.6 Å². The lowest BCUT2D eigenvalue weighted by Gasteiger charge is -2.19. The van der Waals surface area contributed by atoms with Gasteiger partial charge in [0.25, 0.3) is 0 Å². The maximum Gasteiger partial charge on any atom is 0.238 e. The van der Waals surface area contributed by atoms with Gasteiger partial charge in [-0.3, -0.25) is 4.79 Å². The SMILES string of the molecule is CCC(CC)C(Cl)C(=O)NC(C)C. The summed E-state index contributed by atoms with van der Waals surface area (Å²) in [7, 11) is 0. The molecule has 0 aliphatic rings. The fraction of sp³-hybridized carbons (Fsp3) is 0.900. The van der Waals surface area contributed by atoms with E-state index in [0.29, 0.717) is 5.92 Å². The number of hydrogen-bond acceptors (Lipinski definition) is 1. The normalized spacial score (nSPS) is 13.5. The van der Waals surface area contributed by atoms with Crippen LogP contribution in [0.25, 0.3) is 0 Å². The lowest BCUT2D eigenvalue weighted by atomic mass is 9.98. The molecule has 0 heterocycles. The zero-order valence-corrected chi connectivity index (χ0v) is 9.69. The maximum atomic E-state index is 11.5. The highest BCUT2D eigenvalue weighted by Gasteiger charge is 2.23. The summed E-state index contributed by atoms with van der Waals surface area (Å²) in [5.74, 6) is 0.255. The molecule has 0 aliphatic heterocycles. The van der Waals surface area contributed by atoms with Crippen molar-refractivity contribution in [2.24, 2.45) is 5.92 Å². The Morgan fingerprint density at radius 3 is 2.08 bits per heavy atom. The quantitative estimate of drug-likeness (QED) is 0.687. The van der Waals surface area contributed by atoms with Gasteiger partial charge in [0.1, 0.15) is 5.38 Å². The minimum absolute atomic E-state index is 0.0367. The Morgan fingerprint density at radius 2 is 1.77 bits per heavy atom. The molecule has 0 aromatic carbocycles. The summed E-state index contributed by atoms with van der Waals surface area (Å²) in [5, 5.41) is 2.44. The third-order valence-electron chi connectivity index (χ3n) is 2.14. The fourth-order valence-electron chi connectivity index (χ4n) is 1.28. The second-order valence-electron chi connectivity index (χ2n) is 3.64. The van der Waals surface area contributed by atoms with Crippen molar-refractivity contribution in [1.82, 2.24) is 5.32 Å². The van der Waals surface area contributed by atoms with E-state index in [-0.39, 0.29) is 17.3 Å². The van der Waals surface area contributed by atoms with Gasteiger partial charge in [-0.25, -0.2) is 0 Å². The van der Waals surface area contributed by atoms with Crippen LogP contribution in [0.5, 0.6) is 0 Å². The van der Waals surface area contributed by atoms with E-state index in [1.807, 2.05) is 13.8 Å². The van der Waals surface area contributed by atoms with Gasteiger partial charge in [-0.15, -0.1) is 11.6 Å². The van der Waals surface area contributed by atoms with E-state index in [0.717, 1.165) is 12.8 Å². The molecule has 0 saturated carbocycles. The molecule has 0 rings (SSSR count). The molecule has 0 aromatic heterocycles. The summed E-state index contributed by atoms with van der Waals surface area (Å²) in [6, 6.07) is 0.170. The number of alkyl halides is 1. The van der Waals surface area contributed by atoms with Gasteiger partial charge in [-0.05, 0) is 19.8 Å². The average molecular weight is 206 g/mol. The minimum atomic E-state index is -0.377. The highest BCUT2D eigenvalue weighted by atomic mass is 35.5. The average Bonchev–Trinajstić information content (AvgIpc) is 2.05. The van der Waals surface area contributed by atoms with Crippen LogP contribution in [0.1, 0.15) is 40.5 Å². The van der Waals surface area contributed by atoms with Gasteiger partial charge in [-0.1, -0.05) is 26.7 Å². The van der Waals surface area contributed by atoms with Crippen LogP contribution < -0.4 is 5.32 Å². The third kappa shape index (κ3) is 4.51. The van der Waals surface area contributed by atoms with Crippen LogP contribution in [0, 0.1) is 5.92 Å². The molecule has 2 nitrogen and oxygen atoms in total. The molecule has 78 valence electrons. The number of rotatable bonds is 5. The number of hydrogen-bond donors (Lipinski definition) is 1. The molecule has 3 heteroatoms. The van der Waals surface area contributed by atoms with Crippen molar-refractivity contribution in [2.45, 2.75) is 52.0 Å². The van der Waals surface area contributed by atoms with Gasteiger partial charge in [0.2, 0.25) is 5.91 Å². The highest BCUT2D eigenvalue weighted by Crippen LogP contribution is 2.18. The number of halogens is 1. The lowest BCUT2D eigenvalue weighted by molar-refractivity contribution is -0.122. The molecule has 0 aromatic rings. The Balaban J connectivity index is 4.07. The predicted molar refractivity (Wildman–Crippen MR) is 57.0 cm³/mol. The lowest BCUT2D eigenvalue weighted by Crippen LogP contribution is -2.39. The Labute approximate surface area is 86.0 Å². The number of amides is 1. The van der Waals surface area contributed by atoms with Crippen molar-refractivity contribution >= 4 is 17.5 Å². The fourth-order valence-corrected chi connectivity index (χ4v) is 1.70. The van der Waals surface area contributed by atoms with Crippen molar-refractivity contribution in [3.05, 3.63) is 0 Å². The van der Waals surface area contributed by atoms with E-state index in [1.54, 1.807) is 0 Å². The van der Waals surface area contributed by atoms with Crippen molar-refractivity contribution in [1.29, 1.82) is 0 Å². The van der Waals surface area contributed by atoms with Crippen LogP contribution in [0.15, 0.2) is 0 Å². The van der Waals surface area contributed by atoms with Gasteiger partial charge in [0, 0.05) is 6.04 Å². The molecular formula is C10H20ClNO. The Morgan fingerprint density at radius 1 is 1.31 bits per heavy atom. The zero-order valence-electron chi connectivity index (χ0n) is 8.93. The van der Waals surface area contributed by atoms with Crippen molar-refractivity contribution in [2.75, 3.05) is 0 Å². The Hall–Kier alpha value is -0.240. The first-order valence-corrected chi connectivity index (χ1v) is 5.40. The third-order valence-corrected chi connectivity index (χ3v) is 2.70. The summed E-state index contributed by atoms with van der Waals surface area (Å²) in [6.45, 7) is 8.00. The first-order valence-electron chi connectivity index (χ1n) is 4.97. The molecule has 0 radical (unpaired) electrons. The molecule has 0 fully saturated rings. The van der Waals surface area contributed by atoms with Crippen molar-refractivity contribution < 1.29 is 4.79 Å². The number of nitrogens with one attached hydrogen (secondary N) is 1. The monoisotopic (exact) mass is 205 g/mol. The smallest absolute Gasteiger partial charge is 0.238 e. The van der Waals surface area contributed by atoms with E-state index in [9.17, 15) is 4.79 Å². The topological polar surface area (TPSA) is 29.1 Å². The van der Waals surface area contributed by atoms with Crippen molar-refractivity contribution in [3.8, 4) is 0 Å². The number of carbonyl (C=O) groups is 1. The second kappa shape index (κ2) is 6.25. The summed E-state index contributed by atoms with van der Waals surface area (Å²) in [4.78, 5) is 11.5. The Kier molecular flexibility index (Phi) is 6.13. The van der Waals surface area contributed by atoms with Crippen LogP contribution in [0.4, 0.5) is 0 Å². The molecule has 1 N–H and O–H groups in total. The molecule has 0 bridgehead atoms. The Bertz CT molecular complexity index is 155. The maximum absolute atomic E-state index is 11.5. The van der Waals surface area contributed by atoms with Crippen LogP contribution in [-0.4, -0.2) is 17.3 Å². The standard InChI is InChI=1S/C10H20ClNO/c1-5-8(6-2)9(11)10(13)12-7(3)4/h7-9H,5-6H2,1-4H3,(H,12,13). The molecular weight excluding hydrogens is 186 g/mol. The molecule has 1 atom stereocenters. The molecule has 13 heavy (non-hydrogen) atoms. The first kappa shape index (κ1) is 12.8. The van der Waals surface area contributed by atoms with Crippen LogP contribution in [-0.2, 0) is 4.79 Å². The van der Waals surface area contributed by atoms with E-state index in [4.69, 9.17) is 11.6 Å². The molecule has 0 aliphatic carbocycles. The van der Waals surface area contributed by atoms with Gasteiger partial charge >= 0.3 is 0 Å². The summed E-state index contributed by atoms with van der Waals surface area (Å²) >= 11 is 6.03. The van der Waals surface area contributed by atoms with Crippen molar-refractivity contribution in [3.63, 3.8) is 0 Å². The van der Waals surface area contributed by atoms with E-state index in [1.165, 1.54) is 0 Å². The van der Waals surface area contributed by atoms with Crippen LogP contribution in [0.3, 0.4) is 0 Å². The van der Waals surface area contributed by atoms with Gasteiger partial charge in [0.15, 0.2) is 0 Å². The molecule has 0 spiro atoms. The summed E-state index contributed by atoms with van der Waals surface area (Å²) < 4.78 is 0. The van der Waals surface area contributed by atoms with Gasteiger partial charge < -0.3 is 5.32 Å². The van der Waals surface area contributed by atoms with Gasteiger partial charge in [0.05, 0.1) is 0 Å². The largest absolute Gasteiger partial charge is 0.353 e. The molecule has 1 amide bonds. The minimum Gasteiger partial charge on any atom is -0.353 e. The van der Waals surface area contributed by atoms with E-state index >= 15 is 0 Å². The first-order chi connectivity index (χ1) is 6.02. The van der Waals surface area contributed by atoms with Crippen LogP contribution in [0.2, 0.25) is 0 Å². The van der Waals surface area contributed by atoms with E-state index < -0.39 is 0 Å². The predicted octanol–water partition coefficient (Wildman–Crippen LogP) is 2.55. The zero-order chi connectivity index (χ0) is 10.4. The molecule has 1 unspecified atom stereocenters. The second-order valence-corrected chi connectivity index (χ2v) is 4.11. The van der Waals surface area contributed by atoms with Gasteiger partial charge in [-0.2, -0.15) is 0 Å². The summed E-state index contributed by atoms with van der Waals surface area (Å²) in [6.07, 6.45) is 1.91. The number of carbonyl (C=O) groups excluding carboxylic acids is 1.